The maximum atomic E-state index is 6.41. The number of nitrogens with zero attached hydrogens (tertiary/aromatic N) is 1. The van der Waals surface area contributed by atoms with Crippen LogP contribution in [-0.2, 0) is 11.3 Å². The molecule has 134 valence electrons. The lowest BCUT2D eigenvalue weighted by atomic mass is 10.0. The molecule has 0 spiro atoms. The van der Waals surface area contributed by atoms with Crippen LogP contribution in [0.4, 0.5) is 0 Å². The van der Waals surface area contributed by atoms with Crippen molar-refractivity contribution in [3.8, 4) is 11.3 Å². The van der Waals surface area contributed by atoms with E-state index in [0.717, 1.165) is 41.8 Å². The van der Waals surface area contributed by atoms with E-state index in [0.29, 0.717) is 34.6 Å². The van der Waals surface area contributed by atoms with Gasteiger partial charge in [-0.1, -0.05) is 54.2 Å². The Morgan fingerprint density at radius 2 is 1.92 bits per heavy atom. The molecule has 0 saturated heterocycles. The highest BCUT2D eigenvalue weighted by Gasteiger charge is 2.34. The summed E-state index contributed by atoms with van der Waals surface area (Å²) >= 11 is 12.8. The molecule has 2 aliphatic rings. The Morgan fingerprint density at radius 3 is 2.60 bits per heavy atom. The second-order valence-electron chi connectivity index (χ2n) is 7.19. The fraction of sp³-hybridized carbons (Fsp3) is 0.550. The highest BCUT2D eigenvalue weighted by atomic mass is 35.5. The topological polar surface area (TPSA) is 35.3 Å². The molecule has 2 fully saturated rings. The summed E-state index contributed by atoms with van der Waals surface area (Å²) in [4.78, 5) is 0. The molecule has 0 radical (unpaired) electrons. The standard InChI is InChI=1S/C20H23Cl2NO2/c1-2-12-5-3-8-17(12)24-11-14-19(23-25-20(14)13-9-10-13)18-15(21)6-4-7-16(18)22/h4,6-7,12-13,17H,2-3,5,8-11H2,1H3. The van der Waals surface area contributed by atoms with Gasteiger partial charge in [-0.3, -0.25) is 0 Å². The first-order chi connectivity index (χ1) is 12.2. The van der Waals surface area contributed by atoms with Crippen molar-refractivity contribution >= 4 is 23.2 Å². The molecule has 0 bridgehead atoms. The Hall–Kier alpha value is -1.03. The molecule has 0 N–H and O–H groups in total. The molecule has 2 unspecified atom stereocenters. The predicted octanol–water partition coefficient (Wildman–Crippen LogP) is 6.62. The molecule has 1 aromatic heterocycles. The minimum atomic E-state index is 0.335. The number of hydrogen-bond donors (Lipinski definition) is 0. The van der Waals surface area contributed by atoms with Gasteiger partial charge in [-0.05, 0) is 43.7 Å². The summed E-state index contributed by atoms with van der Waals surface area (Å²) in [5.41, 5.74) is 2.52. The highest BCUT2D eigenvalue weighted by Crippen LogP contribution is 2.46. The van der Waals surface area contributed by atoms with Crippen LogP contribution in [0.2, 0.25) is 10.0 Å². The molecule has 3 nitrogen and oxygen atoms in total. The van der Waals surface area contributed by atoms with Gasteiger partial charge >= 0.3 is 0 Å². The Bertz CT molecular complexity index is 734. The Kier molecular flexibility index (Phi) is 5.08. The molecule has 5 heteroatoms. The van der Waals surface area contributed by atoms with E-state index < -0.39 is 0 Å². The van der Waals surface area contributed by atoms with Gasteiger partial charge < -0.3 is 9.26 Å². The number of aromatic nitrogens is 1. The summed E-state index contributed by atoms with van der Waals surface area (Å²) in [6, 6.07) is 5.52. The van der Waals surface area contributed by atoms with Crippen LogP contribution in [0, 0.1) is 5.92 Å². The lowest BCUT2D eigenvalue weighted by Crippen LogP contribution is -2.17. The van der Waals surface area contributed by atoms with Crippen molar-refractivity contribution < 1.29 is 9.26 Å². The van der Waals surface area contributed by atoms with Crippen molar-refractivity contribution in [2.24, 2.45) is 5.92 Å². The van der Waals surface area contributed by atoms with Crippen LogP contribution < -0.4 is 0 Å². The zero-order valence-corrected chi connectivity index (χ0v) is 15.9. The largest absolute Gasteiger partial charge is 0.373 e. The van der Waals surface area contributed by atoms with Crippen LogP contribution in [0.1, 0.15) is 62.7 Å². The van der Waals surface area contributed by atoms with E-state index in [1.165, 1.54) is 19.3 Å². The smallest absolute Gasteiger partial charge is 0.145 e. The van der Waals surface area contributed by atoms with Gasteiger partial charge in [-0.25, -0.2) is 0 Å². The normalized spacial score (nSPS) is 23.3. The molecule has 0 aliphatic heterocycles. The molecule has 2 atom stereocenters. The number of ether oxygens (including phenoxy) is 1. The van der Waals surface area contributed by atoms with E-state index in [2.05, 4.69) is 12.1 Å². The number of rotatable bonds is 6. The van der Waals surface area contributed by atoms with Crippen molar-refractivity contribution in [3.63, 3.8) is 0 Å². The van der Waals surface area contributed by atoms with Crippen molar-refractivity contribution in [1.29, 1.82) is 0 Å². The molecule has 1 aromatic carbocycles. The first-order valence-electron chi connectivity index (χ1n) is 9.23. The lowest BCUT2D eigenvalue weighted by molar-refractivity contribution is 0.0146. The Morgan fingerprint density at radius 1 is 1.16 bits per heavy atom. The van der Waals surface area contributed by atoms with Gasteiger partial charge in [-0.2, -0.15) is 0 Å². The van der Waals surface area contributed by atoms with Crippen LogP contribution >= 0.6 is 23.2 Å². The number of benzene rings is 1. The van der Waals surface area contributed by atoms with Gasteiger partial charge in [0.15, 0.2) is 0 Å². The zero-order valence-electron chi connectivity index (χ0n) is 14.4. The van der Waals surface area contributed by atoms with E-state index in [9.17, 15) is 0 Å². The first kappa shape index (κ1) is 17.4. The third-order valence-corrected chi connectivity index (χ3v) is 6.15. The summed E-state index contributed by atoms with van der Waals surface area (Å²) in [6.45, 7) is 2.77. The van der Waals surface area contributed by atoms with E-state index >= 15 is 0 Å². The maximum absolute atomic E-state index is 6.41. The van der Waals surface area contributed by atoms with Gasteiger partial charge in [0.1, 0.15) is 11.5 Å². The Labute approximate surface area is 158 Å². The van der Waals surface area contributed by atoms with Gasteiger partial charge in [-0.15, -0.1) is 0 Å². The Balaban J connectivity index is 1.65. The summed E-state index contributed by atoms with van der Waals surface area (Å²) in [5.74, 6) is 2.08. The molecule has 4 rings (SSSR count). The van der Waals surface area contributed by atoms with E-state index in [4.69, 9.17) is 32.5 Å². The van der Waals surface area contributed by atoms with Gasteiger partial charge in [0.2, 0.25) is 0 Å². The summed E-state index contributed by atoms with van der Waals surface area (Å²) in [7, 11) is 0. The maximum Gasteiger partial charge on any atom is 0.145 e. The average molecular weight is 380 g/mol. The molecular weight excluding hydrogens is 357 g/mol. The van der Waals surface area contributed by atoms with E-state index in [1.807, 2.05) is 18.2 Å². The van der Waals surface area contributed by atoms with Gasteiger partial charge in [0.25, 0.3) is 0 Å². The zero-order chi connectivity index (χ0) is 17.4. The number of halogens is 2. The van der Waals surface area contributed by atoms with E-state index in [1.54, 1.807) is 0 Å². The fourth-order valence-corrected chi connectivity index (χ4v) is 4.50. The summed E-state index contributed by atoms with van der Waals surface area (Å²) in [5, 5.41) is 5.52. The van der Waals surface area contributed by atoms with Crippen molar-refractivity contribution in [2.75, 3.05) is 0 Å². The van der Waals surface area contributed by atoms with Crippen molar-refractivity contribution in [3.05, 3.63) is 39.6 Å². The monoisotopic (exact) mass is 379 g/mol. The molecule has 25 heavy (non-hydrogen) atoms. The van der Waals surface area contributed by atoms with Crippen LogP contribution in [0.25, 0.3) is 11.3 Å². The third kappa shape index (κ3) is 3.47. The second-order valence-corrected chi connectivity index (χ2v) is 8.01. The van der Waals surface area contributed by atoms with Crippen LogP contribution in [-0.4, -0.2) is 11.3 Å². The molecule has 1 heterocycles. The minimum Gasteiger partial charge on any atom is -0.373 e. The quantitative estimate of drug-likeness (QED) is 0.565. The summed E-state index contributed by atoms with van der Waals surface area (Å²) < 4.78 is 12.0. The van der Waals surface area contributed by atoms with Crippen molar-refractivity contribution in [1.82, 2.24) is 5.16 Å². The summed E-state index contributed by atoms with van der Waals surface area (Å²) in [6.07, 6.45) is 7.48. The van der Waals surface area contributed by atoms with Crippen LogP contribution in [0.5, 0.6) is 0 Å². The minimum absolute atomic E-state index is 0.335. The lowest BCUT2D eigenvalue weighted by Gasteiger charge is -2.19. The predicted molar refractivity (Wildman–Crippen MR) is 100 cm³/mol. The van der Waals surface area contributed by atoms with Gasteiger partial charge in [0, 0.05) is 17.0 Å². The molecule has 0 amide bonds. The SMILES string of the molecule is CCC1CCCC1OCc1c(-c2c(Cl)cccc2Cl)noc1C1CC1. The number of hydrogen-bond acceptors (Lipinski definition) is 3. The van der Waals surface area contributed by atoms with Gasteiger partial charge in [0.05, 0.1) is 22.8 Å². The fourth-order valence-electron chi connectivity index (χ4n) is 3.93. The molecule has 2 aliphatic carbocycles. The second kappa shape index (κ2) is 7.30. The molecule has 2 aromatic rings. The first-order valence-corrected chi connectivity index (χ1v) is 9.99. The van der Waals surface area contributed by atoms with E-state index in [-0.39, 0.29) is 0 Å². The molecule has 2 saturated carbocycles. The third-order valence-electron chi connectivity index (χ3n) is 5.52. The average Bonchev–Trinajstić information content (AvgIpc) is 3.20. The highest BCUT2D eigenvalue weighted by molar-refractivity contribution is 6.39. The molecular formula is C20H23Cl2NO2. The van der Waals surface area contributed by atoms with Crippen molar-refractivity contribution in [2.45, 2.75) is 64.1 Å². The van der Waals surface area contributed by atoms with Crippen LogP contribution in [0.15, 0.2) is 22.7 Å². The van der Waals surface area contributed by atoms with Crippen LogP contribution in [0.3, 0.4) is 0 Å².